The van der Waals surface area contributed by atoms with E-state index < -0.39 is 10.0 Å². The van der Waals surface area contributed by atoms with Gasteiger partial charge in [0.2, 0.25) is 10.0 Å². The second-order valence-electron chi connectivity index (χ2n) is 3.89. The molecule has 106 valence electrons. The van der Waals surface area contributed by atoms with Gasteiger partial charge in [-0.25, -0.2) is 18.1 Å². The van der Waals surface area contributed by atoms with Crippen molar-refractivity contribution in [3.05, 3.63) is 56.2 Å². The Bertz CT molecular complexity index is 721. The molecule has 1 aromatic heterocycles. The number of hydrogen-bond donors (Lipinski definition) is 1. The van der Waals surface area contributed by atoms with E-state index in [1.54, 1.807) is 0 Å². The molecule has 1 heterocycles. The Hall–Kier alpha value is -0.470. The third-order valence-electron chi connectivity index (χ3n) is 2.44. The smallest absolute Gasteiger partial charge is 0.242 e. The van der Waals surface area contributed by atoms with Crippen LogP contribution in [0.1, 0.15) is 5.56 Å². The van der Waals surface area contributed by atoms with Gasteiger partial charge < -0.3 is 0 Å². The highest BCUT2D eigenvalue weighted by atomic mass is 79.9. The zero-order valence-corrected chi connectivity index (χ0v) is 14.7. The van der Waals surface area contributed by atoms with Crippen LogP contribution in [0, 0.1) is 0 Å². The zero-order valence-electron chi connectivity index (χ0n) is 9.98. The number of benzene rings is 1. The number of aromatic nitrogens is 1. The van der Waals surface area contributed by atoms with Crippen LogP contribution >= 0.6 is 43.5 Å². The summed E-state index contributed by atoms with van der Waals surface area (Å²) in [6.45, 7) is 0.179. The van der Waals surface area contributed by atoms with Crippen LogP contribution in [0.3, 0.4) is 0 Å². The molecule has 0 saturated carbocycles. The molecule has 0 fully saturated rings. The number of hydrogen-bond acceptors (Lipinski definition) is 3. The van der Waals surface area contributed by atoms with Crippen molar-refractivity contribution in [1.82, 2.24) is 9.71 Å². The predicted molar refractivity (Wildman–Crippen MR) is 85.1 cm³/mol. The lowest BCUT2D eigenvalue weighted by atomic mass is 10.2. The Labute approximate surface area is 138 Å². The normalized spacial score (nSPS) is 11.6. The van der Waals surface area contributed by atoms with Gasteiger partial charge in [-0.2, -0.15) is 0 Å². The van der Waals surface area contributed by atoms with Crippen molar-refractivity contribution in [3.63, 3.8) is 0 Å². The maximum Gasteiger partial charge on any atom is 0.243 e. The largest absolute Gasteiger partial charge is 0.243 e. The first-order chi connectivity index (χ1) is 9.38. The molecule has 0 bridgehead atoms. The van der Waals surface area contributed by atoms with E-state index in [9.17, 15) is 8.42 Å². The first kappa shape index (κ1) is 15.9. The number of pyridine rings is 1. The molecule has 0 aliphatic carbocycles. The Balaban J connectivity index is 2.19. The summed E-state index contributed by atoms with van der Waals surface area (Å²) in [5.74, 6) is 0. The highest BCUT2D eigenvalue weighted by molar-refractivity contribution is 9.10. The average Bonchev–Trinajstić information content (AvgIpc) is 2.41. The molecule has 0 spiro atoms. The maximum atomic E-state index is 12.2. The molecule has 1 aromatic carbocycles. The average molecular weight is 441 g/mol. The summed E-state index contributed by atoms with van der Waals surface area (Å²) >= 11 is 12.3. The lowest BCUT2D eigenvalue weighted by Gasteiger charge is -2.08. The van der Waals surface area contributed by atoms with Gasteiger partial charge in [-0.3, -0.25) is 0 Å². The molecule has 0 amide bonds. The van der Waals surface area contributed by atoms with Gasteiger partial charge in [0, 0.05) is 21.7 Å². The zero-order chi connectivity index (χ0) is 14.8. The molecule has 1 N–H and O–H groups in total. The lowest BCUT2D eigenvalue weighted by Crippen LogP contribution is -2.23. The van der Waals surface area contributed by atoms with Crippen LogP contribution in [0.15, 0.2) is 50.4 Å². The molecular formula is C12H9Br2ClN2O2S. The molecule has 20 heavy (non-hydrogen) atoms. The third kappa shape index (κ3) is 4.02. The Morgan fingerprint density at radius 1 is 1.15 bits per heavy atom. The van der Waals surface area contributed by atoms with Crippen LogP contribution < -0.4 is 4.72 Å². The molecule has 8 heteroatoms. The summed E-state index contributed by atoms with van der Waals surface area (Å²) in [5, 5.41) is -0.0588. The minimum absolute atomic E-state index is 0.0503. The number of rotatable bonds is 4. The van der Waals surface area contributed by atoms with E-state index in [0.29, 0.717) is 4.47 Å². The van der Waals surface area contributed by atoms with Crippen LogP contribution in [0.4, 0.5) is 0 Å². The summed E-state index contributed by atoms with van der Waals surface area (Å²) < 4.78 is 28.3. The SMILES string of the molecule is O=S(=O)(NCc1ccc(Br)cc1)c1cc(Br)cnc1Cl. The van der Waals surface area contributed by atoms with Crippen molar-refractivity contribution in [3.8, 4) is 0 Å². The lowest BCUT2D eigenvalue weighted by molar-refractivity contribution is 0.581. The fourth-order valence-corrected chi connectivity index (χ4v) is 3.67. The van der Waals surface area contributed by atoms with Crippen LogP contribution in [0.2, 0.25) is 5.15 Å². The van der Waals surface area contributed by atoms with Crippen LogP contribution in [0.5, 0.6) is 0 Å². The second kappa shape index (κ2) is 6.53. The van der Waals surface area contributed by atoms with Crippen molar-refractivity contribution in [2.75, 3.05) is 0 Å². The molecule has 2 aromatic rings. The van der Waals surface area contributed by atoms with Gasteiger partial charge in [-0.1, -0.05) is 39.7 Å². The number of nitrogens with zero attached hydrogens (tertiary/aromatic N) is 1. The van der Waals surface area contributed by atoms with E-state index in [4.69, 9.17) is 11.6 Å². The molecule has 2 rings (SSSR count). The fourth-order valence-electron chi connectivity index (χ4n) is 1.45. The molecule has 0 unspecified atom stereocenters. The maximum absolute atomic E-state index is 12.2. The van der Waals surface area contributed by atoms with Gasteiger partial charge in [0.05, 0.1) is 0 Å². The topological polar surface area (TPSA) is 59.1 Å². The van der Waals surface area contributed by atoms with E-state index in [1.165, 1.54) is 12.3 Å². The van der Waals surface area contributed by atoms with Gasteiger partial charge >= 0.3 is 0 Å². The van der Waals surface area contributed by atoms with Gasteiger partial charge in [-0.05, 0) is 39.7 Å². The third-order valence-corrected chi connectivity index (χ3v) is 5.23. The van der Waals surface area contributed by atoms with E-state index in [1.807, 2.05) is 24.3 Å². The van der Waals surface area contributed by atoms with Gasteiger partial charge in [0.25, 0.3) is 0 Å². The van der Waals surface area contributed by atoms with Crippen LogP contribution in [-0.2, 0) is 16.6 Å². The Morgan fingerprint density at radius 2 is 1.80 bits per heavy atom. The fraction of sp³-hybridized carbons (Fsp3) is 0.0833. The summed E-state index contributed by atoms with van der Waals surface area (Å²) in [7, 11) is -3.71. The highest BCUT2D eigenvalue weighted by Crippen LogP contribution is 2.22. The number of sulfonamides is 1. The van der Waals surface area contributed by atoms with Gasteiger partial charge in [0.1, 0.15) is 10.0 Å². The second-order valence-corrected chi connectivity index (χ2v) is 7.82. The Kier molecular flexibility index (Phi) is 5.19. The van der Waals surface area contributed by atoms with Crippen LogP contribution in [-0.4, -0.2) is 13.4 Å². The molecule has 0 radical (unpaired) electrons. The molecule has 0 saturated heterocycles. The van der Waals surface area contributed by atoms with E-state index >= 15 is 0 Å². The molecular weight excluding hydrogens is 431 g/mol. The molecule has 0 atom stereocenters. The van der Waals surface area contributed by atoms with Crippen molar-refractivity contribution >= 4 is 53.5 Å². The first-order valence-electron chi connectivity index (χ1n) is 5.43. The number of halogens is 3. The van der Waals surface area contributed by atoms with Crippen LogP contribution in [0.25, 0.3) is 0 Å². The standard InChI is InChI=1S/C12H9Br2ClN2O2S/c13-9-3-1-8(2-4-9)6-17-20(18,19)11-5-10(14)7-16-12(11)15/h1-5,7,17H,6H2. The number of nitrogens with one attached hydrogen (secondary N) is 1. The quantitative estimate of drug-likeness (QED) is 0.737. The summed E-state index contributed by atoms with van der Waals surface area (Å²) in [6, 6.07) is 8.76. The van der Waals surface area contributed by atoms with Crippen molar-refractivity contribution < 1.29 is 8.42 Å². The van der Waals surface area contributed by atoms with Gasteiger partial charge in [-0.15, -0.1) is 0 Å². The molecule has 4 nitrogen and oxygen atoms in total. The molecule has 0 aliphatic heterocycles. The van der Waals surface area contributed by atoms with Crippen molar-refractivity contribution in [1.29, 1.82) is 0 Å². The molecule has 0 aliphatic rings. The van der Waals surface area contributed by atoms with Gasteiger partial charge in [0.15, 0.2) is 0 Å². The van der Waals surface area contributed by atoms with Crippen molar-refractivity contribution in [2.45, 2.75) is 11.4 Å². The monoisotopic (exact) mass is 438 g/mol. The highest BCUT2D eigenvalue weighted by Gasteiger charge is 2.19. The first-order valence-corrected chi connectivity index (χ1v) is 8.88. The van der Waals surface area contributed by atoms with E-state index in [2.05, 4.69) is 41.6 Å². The summed E-state index contributed by atoms with van der Waals surface area (Å²) in [4.78, 5) is 3.75. The summed E-state index contributed by atoms with van der Waals surface area (Å²) in [6.07, 6.45) is 1.44. The predicted octanol–water partition coefficient (Wildman–Crippen LogP) is 3.74. The van der Waals surface area contributed by atoms with Crippen molar-refractivity contribution in [2.24, 2.45) is 0 Å². The van der Waals surface area contributed by atoms with E-state index in [0.717, 1.165) is 10.0 Å². The summed E-state index contributed by atoms with van der Waals surface area (Å²) in [5.41, 5.74) is 0.843. The Morgan fingerprint density at radius 3 is 2.45 bits per heavy atom. The minimum Gasteiger partial charge on any atom is -0.242 e. The minimum atomic E-state index is -3.71. The van der Waals surface area contributed by atoms with E-state index in [-0.39, 0.29) is 16.6 Å².